The van der Waals surface area contributed by atoms with E-state index in [1.54, 1.807) is 18.2 Å². The van der Waals surface area contributed by atoms with E-state index in [-0.39, 0.29) is 16.3 Å². The third-order valence-corrected chi connectivity index (χ3v) is 4.85. The Morgan fingerprint density at radius 2 is 1.22 bits per heavy atom. The lowest BCUT2D eigenvalue weighted by molar-refractivity contribution is 0.479. The molecule has 4 rings (SSSR count). The Morgan fingerprint density at radius 3 is 1.85 bits per heavy atom. The molecule has 0 saturated heterocycles. The monoisotopic (exact) mass is 374 g/mol. The van der Waals surface area contributed by atoms with Crippen LogP contribution >= 0.6 is 11.6 Å². The molecule has 0 heterocycles. The average Bonchev–Trinajstić information content (AvgIpc) is 2.70. The molecule has 0 aromatic heterocycles. The number of phenols is 1. The molecule has 0 aliphatic heterocycles. The Hall–Kier alpha value is -3.10. The molecule has 0 spiro atoms. The van der Waals surface area contributed by atoms with Crippen LogP contribution in [0.5, 0.6) is 5.75 Å². The molecule has 0 aliphatic rings. The van der Waals surface area contributed by atoms with Crippen LogP contribution in [0, 0.1) is 5.82 Å². The fourth-order valence-corrected chi connectivity index (χ4v) is 3.48. The Bertz CT molecular complexity index is 1070. The minimum atomic E-state index is -0.470. The highest BCUT2D eigenvalue weighted by Crippen LogP contribution is 2.44. The Labute approximate surface area is 162 Å². The molecule has 0 atom stereocenters. The Morgan fingerprint density at radius 1 is 0.630 bits per heavy atom. The van der Waals surface area contributed by atoms with Gasteiger partial charge in [-0.15, -0.1) is 0 Å². The van der Waals surface area contributed by atoms with E-state index in [1.807, 2.05) is 66.7 Å². The quantitative estimate of drug-likeness (QED) is 0.402. The number of phenolic OH excluding ortho intramolecular Hbond substituents is 1. The molecule has 0 fully saturated rings. The zero-order valence-corrected chi connectivity index (χ0v) is 15.1. The highest BCUT2D eigenvalue weighted by Gasteiger charge is 2.19. The summed E-state index contributed by atoms with van der Waals surface area (Å²) in [7, 11) is 0. The molecule has 4 aromatic rings. The summed E-state index contributed by atoms with van der Waals surface area (Å²) < 4.78 is 14.6. The van der Waals surface area contributed by atoms with Crippen LogP contribution in [0.15, 0.2) is 91.0 Å². The van der Waals surface area contributed by atoms with Crippen LogP contribution in [0.4, 0.5) is 4.39 Å². The van der Waals surface area contributed by atoms with Crippen molar-refractivity contribution in [3.05, 3.63) is 102 Å². The smallest absolute Gasteiger partial charge is 0.132 e. The maximum absolute atomic E-state index is 14.6. The number of hydrogen-bond acceptors (Lipinski definition) is 1. The lowest BCUT2D eigenvalue weighted by Crippen LogP contribution is -1.91. The lowest BCUT2D eigenvalue weighted by atomic mass is 9.92. The first-order chi connectivity index (χ1) is 13.1. The molecule has 132 valence electrons. The van der Waals surface area contributed by atoms with Gasteiger partial charge >= 0.3 is 0 Å². The van der Waals surface area contributed by atoms with Gasteiger partial charge in [0.15, 0.2) is 0 Å². The fourth-order valence-electron chi connectivity index (χ4n) is 3.22. The highest BCUT2D eigenvalue weighted by molar-refractivity contribution is 6.33. The van der Waals surface area contributed by atoms with Crippen LogP contribution in [0.2, 0.25) is 5.02 Å². The lowest BCUT2D eigenvalue weighted by Gasteiger charge is -2.15. The molecular formula is C24H16ClFO. The van der Waals surface area contributed by atoms with E-state index in [9.17, 15) is 9.50 Å². The molecular weight excluding hydrogens is 359 g/mol. The molecule has 4 aromatic carbocycles. The molecule has 1 nitrogen and oxygen atoms in total. The van der Waals surface area contributed by atoms with Crippen LogP contribution in [-0.2, 0) is 0 Å². The largest absolute Gasteiger partial charge is 0.507 e. The van der Waals surface area contributed by atoms with Gasteiger partial charge in [-0.25, -0.2) is 4.39 Å². The predicted octanol–water partition coefficient (Wildman–Crippen LogP) is 7.19. The minimum absolute atomic E-state index is 0.00730. The second-order valence-corrected chi connectivity index (χ2v) is 6.66. The summed E-state index contributed by atoms with van der Waals surface area (Å²) in [6, 6.07) is 27.5. The summed E-state index contributed by atoms with van der Waals surface area (Å²) in [6.45, 7) is 0. The SMILES string of the molecule is Oc1c(-c2ccccc2)cc(-c2ccccc2)cc1-c1c(F)cccc1Cl. The van der Waals surface area contributed by atoms with Crippen LogP contribution < -0.4 is 0 Å². The normalized spacial score (nSPS) is 10.7. The Balaban J connectivity index is 2.04. The predicted molar refractivity (Wildman–Crippen MR) is 109 cm³/mol. The van der Waals surface area contributed by atoms with E-state index in [2.05, 4.69) is 0 Å². The number of hydrogen-bond donors (Lipinski definition) is 1. The van der Waals surface area contributed by atoms with Crippen molar-refractivity contribution in [2.45, 2.75) is 0 Å². The first kappa shape index (κ1) is 17.3. The summed E-state index contributed by atoms with van der Waals surface area (Å²) in [5.41, 5.74) is 3.91. The van der Waals surface area contributed by atoms with Crippen molar-refractivity contribution in [1.82, 2.24) is 0 Å². The van der Waals surface area contributed by atoms with Gasteiger partial charge < -0.3 is 5.11 Å². The van der Waals surface area contributed by atoms with E-state index in [4.69, 9.17) is 11.6 Å². The van der Waals surface area contributed by atoms with Gasteiger partial charge in [0.05, 0.1) is 5.02 Å². The highest BCUT2D eigenvalue weighted by atomic mass is 35.5. The first-order valence-electron chi connectivity index (χ1n) is 8.57. The van der Waals surface area contributed by atoms with Gasteiger partial charge in [-0.3, -0.25) is 0 Å². The van der Waals surface area contributed by atoms with Gasteiger partial charge in [0.25, 0.3) is 0 Å². The first-order valence-corrected chi connectivity index (χ1v) is 8.95. The van der Waals surface area contributed by atoms with Crippen molar-refractivity contribution in [3.8, 4) is 39.1 Å². The van der Waals surface area contributed by atoms with E-state index in [0.717, 1.165) is 16.7 Å². The summed E-state index contributed by atoms with van der Waals surface area (Å²) >= 11 is 6.28. The zero-order chi connectivity index (χ0) is 18.8. The molecule has 0 saturated carbocycles. The molecule has 1 N–H and O–H groups in total. The summed E-state index contributed by atoms with van der Waals surface area (Å²) in [5.74, 6) is -0.463. The maximum Gasteiger partial charge on any atom is 0.132 e. The average molecular weight is 375 g/mol. The summed E-state index contributed by atoms with van der Waals surface area (Å²) in [4.78, 5) is 0. The number of halogens is 2. The number of aromatic hydroxyl groups is 1. The van der Waals surface area contributed by atoms with Crippen LogP contribution in [0.1, 0.15) is 0 Å². The molecule has 0 unspecified atom stereocenters. The van der Waals surface area contributed by atoms with Gasteiger partial charge in [-0.05, 0) is 41.0 Å². The fraction of sp³-hybridized carbons (Fsp3) is 0. The second kappa shape index (κ2) is 7.26. The minimum Gasteiger partial charge on any atom is -0.507 e. The molecule has 0 radical (unpaired) electrons. The van der Waals surface area contributed by atoms with Gasteiger partial charge in [-0.1, -0.05) is 78.3 Å². The molecule has 0 bridgehead atoms. The van der Waals surface area contributed by atoms with Crippen molar-refractivity contribution < 1.29 is 9.50 Å². The topological polar surface area (TPSA) is 20.2 Å². The second-order valence-electron chi connectivity index (χ2n) is 6.25. The summed E-state index contributed by atoms with van der Waals surface area (Å²) in [5, 5.41) is 11.2. The van der Waals surface area contributed by atoms with Crippen molar-refractivity contribution in [1.29, 1.82) is 0 Å². The molecule has 0 aliphatic carbocycles. The van der Waals surface area contributed by atoms with Crippen LogP contribution in [0.25, 0.3) is 33.4 Å². The summed E-state index contributed by atoms with van der Waals surface area (Å²) in [6.07, 6.45) is 0. The van der Waals surface area contributed by atoms with Gasteiger partial charge in [-0.2, -0.15) is 0 Å². The van der Waals surface area contributed by atoms with Crippen LogP contribution in [0.3, 0.4) is 0 Å². The van der Waals surface area contributed by atoms with Crippen molar-refractivity contribution in [3.63, 3.8) is 0 Å². The Kier molecular flexibility index (Phi) is 4.66. The van der Waals surface area contributed by atoms with Gasteiger partial charge in [0.1, 0.15) is 11.6 Å². The molecule has 0 amide bonds. The number of rotatable bonds is 3. The molecule has 3 heteroatoms. The van der Waals surface area contributed by atoms with Gasteiger partial charge in [0, 0.05) is 16.7 Å². The van der Waals surface area contributed by atoms with Crippen molar-refractivity contribution in [2.75, 3.05) is 0 Å². The van der Waals surface area contributed by atoms with Gasteiger partial charge in [0.2, 0.25) is 0 Å². The van der Waals surface area contributed by atoms with Crippen LogP contribution in [-0.4, -0.2) is 5.11 Å². The van der Waals surface area contributed by atoms with Crippen molar-refractivity contribution >= 4 is 11.6 Å². The maximum atomic E-state index is 14.6. The number of benzene rings is 4. The third-order valence-electron chi connectivity index (χ3n) is 4.53. The standard InChI is InChI=1S/C24H16ClFO/c25-21-12-7-13-22(26)23(21)20-15-18(16-8-3-1-4-9-16)14-19(24(20)27)17-10-5-2-6-11-17/h1-15,27H. The van der Waals surface area contributed by atoms with E-state index < -0.39 is 5.82 Å². The van der Waals surface area contributed by atoms with Crippen molar-refractivity contribution in [2.24, 2.45) is 0 Å². The van der Waals surface area contributed by atoms with E-state index >= 15 is 0 Å². The molecule has 27 heavy (non-hydrogen) atoms. The van der Waals surface area contributed by atoms with E-state index in [0.29, 0.717) is 11.1 Å². The zero-order valence-electron chi connectivity index (χ0n) is 14.4. The van der Waals surface area contributed by atoms with E-state index in [1.165, 1.54) is 6.07 Å². The third kappa shape index (κ3) is 3.32.